The van der Waals surface area contributed by atoms with E-state index in [1.165, 1.54) is 23.8 Å². The number of hydrogen-bond donors (Lipinski definition) is 2. The fourth-order valence-electron chi connectivity index (χ4n) is 1.99. The normalized spacial score (nSPS) is 10.6. The Bertz CT molecular complexity index is 690. The third kappa shape index (κ3) is 3.92. The molecule has 0 aliphatic carbocycles. The number of aromatic nitrogens is 1. The maximum absolute atomic E-state index is 12.0. The van der Waals surface area contributed by atoms with Crippen molar-refractivity contribution >= 4 is 34.0 Å². The summed E-state index contributed by atoms with van der Waals surface area (Å²) in [6.45, 7) is 7.47. The lowest BCUT2D eigenvalue weighted by Gasteiger charge is -2.08. The van der Waals surface area contributed by atoms with Gasteiger partial charge in [0.2, 0.25) is 0 Å². The van der Waals surface area contributed by atoms with E-state index >= 15 is 0 Å². The predicted molar refractivity (Wildman–Crippen MR) is 90.0 cm³/mol. The fourth-order valence-corrected chi connectivity index (χ4v) is 2.84. The molecule has 0 radical (unpaired) electrons. The Labute approximate surface area is 133 Å². The average molecular weight is 317 g/mol. The summed E-state index contributed by atoms with van der Waals surface area (Å²) in [5.74, 6) is 0.402. The molecule has 0 saturated carbocycles. The molecule has 2 aromatic rings. The van der Waals surface area contributed by atoms with Gasteiger partial charge in [-0.3, -0.25) is 10.1 Å². The summed E-state index contributed by atoms with van der Waals surface area (Å²) in [5.41, 5.74) is 2.56. The Morgan fingerprint density at radius 2 is 1.77 bits per heavy atom. The van der Waals surface area contributed by atoms with Gasteiger partial charge in [0.25, 0.3) is 0 Å². The minimum absolute atomic E-state index is 0.0484. The number of thiazole rings is 1. The Balaban J connectivity index is 2.01. The van der Waals surface area contributed by atoms with Crippen LogP contribution in [0.2, 0.25) is 0 Å². The van der Waals surface area contributed by atoms with Crippen molar-refractivity contribution < 1.29 is 9.59 Å². The lowest BCUT2D eigenvalue weighted by atomic mass is 10.0. The first kappa shape index (κ1) is 16.2. The fraction of sp³-hybridized carbons (Fsp3) is 0.312. The standard InChI is InChI=1S/C16H19N3O2S/c1-9(2)12-5-7-13(8-6-12)18-15(21)19-16-17-10(3)14(22-16)11(4)20/h5-9H,1-4H3,(H2,17,18,19,21). The molecule has 1 aromatic carbocycles. The number of anilines is 2. The average Bonchev–Trinajstić information content (AvgIpc) is 2.80. The summed E-state index contributed by atoms with van der Waals surface area (Å²) < 4.78 is 0. The number of aryl methyl sites for hydroxylation is 1. The number of benzene rings is 1. The molecule has 0 saturated heterocycles. The summed E-state index contributed by atoms with van der Waals surface area (Å²) in [6.07, 6.45) is 0. The predicted octanol–water partition coefficient (Wildman–Crippen LogP) is 4.42. The van der Waals surface area contributed by atoms with Gasteiger partial charge in [-0.25, -0.2) is 9.78 Å². The van der Waals surface area contributed by atoms with E-state index in [1.54, 1.807) is 6.92 Å². The highest BCUT2D eigenvalue weighted by molar-refractivity contribution is 7.17. The van der Waals surface area contributed by atoms with E-state index in [2.05, 4.69) is 29.5 Å². The van der Waals surface area contributed by atoms with Crippen LogP contribution in [-0.4, -0.2) is 16.8 Å². The molecule has 0 unspecified atom stereocenters. The number of amides is 2. The third-order valence-electron chi connectivity index (χ3n) is 3.17. The van der Waals surface area contributed by atoms with Gasteiger partial charge in [0.05, 0.1) is 10.6 Å². The van der Waals surface area contributed by atoms with Crippen LogP contribution in [0.25, 0.3) is 0 Å². The number of carbonyl (C=O) groups excluding carboxylic acids is 2. The Hall–Kier alpha value is -2.21. The van der Waals surface area contributed by atoms with Gasteiger partial charge in [-0.05, 0) is 30.5 Å². The van der Waals surface area contributed by atoms with Crippen molar-refractivity contribution in [1.82, 2.24) is 4.98 Å². The number of Topliss-reactive ketones (excluding diaryl/α,β-unsaturated/α-hetero) is 1. The topological polar surface area (TPSA) is 71.1 Å². The zero-order valence-corrected chi connectivity index (χ0v) is 13.9. The lowest BCUT2D eigenvalue weighted by molar-refractivity contribution is 0.102. The van der Waals surface area contributed by atoms with Crippen LogP contribution >= 0.6 is 11.3 Å². The van der Waals surface area contributed by atoms with Crippen LogP contribution in [0.1, 0.15) is 47.6 Å². The molecule has 0 spiro atoms. The second-order valence-electron chi connectivity index (χ2n) is 5.35. The zero-order valence-electron chi connectivity index (χ0n) is 13.1. The molecule has 0 aliphatic heterocycles. The maximum atomic E-state index is 12.0. The van der Waals surface area contributed by atoms with E-state index in [0.29, 0.717) is 27.3 Å². The number of nitrogens with zero attached hydrogens (tertiary/aromatic N) is 1. The van der Waals surface area contributed by atoms with Gasteiger partial charge in [-0.15, -0.1) is 0 Å². The van der Waals surface area contributed by atoms with Crippen LogP contribution < -0.4 is 10.6 Å². The third-order valence-corrected chi connectivity index (χ3v) is 4.35. The summed E-state index contributed by atoms with van der Waals surface area (Å²) in [5, 5.41) is 5.81. The molecular weight excluding hydrogens is 298 g/mol. The van der Waals surface area contributed by atoms with Crippen molar-refractivity contribution in [1.29, 1.82) is 0 Å². The molecule has 0 atom stereocenters. The first-order valence-electron chi connectivity index (χ1n) is 7.03. The minimum atomic E-state index is -0.374. The van der Waals surface area contributed by atoms with E-state index in [0.717, 1.165) is 0 Å². The molecule has 0 fully saturated rings. The number of ketones is 1. The van der Waals surface area contributed by atoms with Gasteiger partial charge >= 0.3 is 6.03 Å². The highest BCUT2D eigenvalue weighted by Crippen LogP contribution is 2.23. The molecule has 1 heterocycles. The van der Waals surface area contributed by atoms with Crippen LogP contribution in [0, 0.1) is 6.92 Å². The Morgan fingerprint density at radius 3 is 2.27 bits per heavy atom. The molecule has 22 heavy (non-hydrogen) atoms. The van der Waals surface area contributed by atoms with Crippen LogP contribution in [-0.2, 0) is 0 Å². The van der Waals surface area contributed by atoms with Crippen LogP contribution in [0.4, 0.5) is 15.6 Å². The van der Waals surface area contributed by atoms with Gasteiger partial charge in [-0.2, -0.15) is 0 Å². The van der Waals surface area contributed by atoms with E-state index < -0.39 is 0 Å². The van der Waals surface area contributed by atoms with Crippen molar-refractivity contribution in [3.63, 3.8) is 0 Å². The SMILES string of the molecule is CC(=O)c1sc(NC(=O)Nc2ccc(C(C)C)cc2)nc1C. The first-order valence-corrected chi connectivity index (χ1v) is 7.84. The molecule has 6 heteroatoms. The van der Waals surface area contributed by atoms with Crippen LogP contribution in [0.15, 0.2) is 24.3 Å². The largest absolute Gasteiger partial charge is 0.325 e. The first-order chi connectivity index (χ1) is 10.4. The number of rotatable bonds is 4. The lowest BCUT2D eigenvalue weighted by Crippen LogP contribution is -2.19. The van der Waals surface area contributed by atoms with Crippen LogP contribution in [0.5, 0.6) is 0 Å². The summed E-state index contributed by atoms with van der Waals surface area (Å²) >= 11 is 1.18. The summed E-state index contributed by atoms with van der Waals surface area (Å²) in [6, 6.07) is 7.33. The number of urea groups is 1. The molecular formula is C16H19N3O2S. The quantitative estimate of drug-likeness (QED) is 0.820. The van der Waals surface area contributed by atoms with Crippen molar-refractivity contribution in [2.75, 3.05) is 10.6 Å². The molecule has 116 valence electrons. The van der Waals surface area contributed by atoms with Gasteiger partial charge in [0.1, 0.15) is 0 Å². The second-order valence-corrected chi connectivity index (χ2v) is 6.34. The van der Waals surface area contributed by atoms with Gasteiger partial charge < -0.3 is 5.32 Å². The molecule has 2 N–H and O–H groups in total. The number of nitrogens with one attached hydrogen (secondary N) is 2. The van der Waals surface area contributed by atoms with Crippen LogP contribution in [0.3, 0.4) is 0 Å². The molecule has 5 nitrogen and oxygen atoms in total. The smallest absolute Gasteiger partial charge is 0.308 e. The molecule has 0 aliphatic rings. The van der Waals surface area contributed by atoms with Crippen molar-refractivity contribution in [3.05, 3.63) is 40.4 Å². The van der Waals surface area contributed by atoms with E-state index in [4.69, 9.17) is 0 Å². The van der Waals surface area contributed by atoms with E-state index in [9.17, 15) is 9.59 Å². The van der Waals surface area contributed by atoms with E-state index in [-0.39, 0.29) is 11.8 Å². The van der Waals surface area contributed by atoms with Crippen molar-refractivity contribution in [2.24, 2.45) is 0 Å². The summed E-state index contributed by atoms with van der Waals surface area (Å²) in [4.78, 5) is 28.1. The molecule has 1 aromatic heterocycles. The Morgan fingerprint density at radius 1 is 1.14 bits per heavy atom. The number of carbonyl (C=O) groups is 2. The highest BCUT2D eigenvalue weighted by Gasteiger charge is 2.13. The maximum Gasteiger partial charge on any atom is 0.325 e. The Kier molecular flexibility index (Phi) is 4.92. The number of hydrogen-bond acceptors (Lipinski definition) is 4. The van der Waals surface area contributed by atoms with Crippen molar-refractivity contribution in [2.45, 2.75) is 33.6 Å². The van der Waals surface area contributed by atoms with Gasteiger partial charge in [0, 0.05) is 12.6 Å². The highest BCUT2D eigenvalue weighted by atomic mass is 32.1. The zero-order chi connectivity index (χ0) is 16.3. The molecule has 2 rings (SSSR count). The minimum Gasteiger partial charge on any atom is -0.308 e. The molecule has 0 bridgehead atoms. The van der Waals surface area contributed by atoms with Gasteiger partial charge in [0.15, 0.2) is 10.9 Å². The van der Waals surface area contributed by atoms with E-state index in [1.807, 2.05) is 24.3 Å². The monoisotopic (exact) mass is 317 g/mol. The van der Waals surface area contributed by atoms with Gasteiger partial charge in [-0.1, -0.05) is 37.3 Å². The second kappa shape index (κ2) is 6.70. The summed E-state index contributed by atoms with van der Waals surface area (Å²) in [7, 11) is 0. The van der Waals surface area contributed by atoms with Crippen molar-refractivity contribution in [3.8, 4) is 0 Å². The molecule has 2 amide bonds.